The van der Waals surface area contributed by atoms with Gasteiger partial charge in [0.1, 0.15) is 5.82 Å². The van der Waals surface area contributed by atoms with Crippen molar-refractivity contribution in [2.45, 2.75) is 26.4 Å². The first kappa shape index (κ1) is 12.6. The van der Waals surface area contributed by atoms with Crippen LogP contribution in [0.15, 0.2) is 36.8 Å². The third-order valence-corrected chi connectivity index (χ3v) is 2.81. The maximum Gasteiger partial charge on any atom is 0.141 e. The fraction of sp³-hybridized carbons (Fsp3) is 0.286. The summed E-state index contributed by atoms with van der Waals surface area (Å²) in [5, 5.41) is 3.32. The van der Waals surface area contributed by atoms with Crippen LogP contribution in [0.25, 0.3) is 0 Å². The van der Waals surface area contributed by atoms with Gasteiger partial charge in [-0.05, 0) is 37.1 Å². The molecule has 2 aromatic heterocycles. The minimum Gasteiger partial charge on any atom is -0.306 e. The molecule has 1 atom stereocenters. The zero-order valence-electron chi connectivity index (χ0n) is 10.5. The highest BCUT2D eigenvalue weighted by molar-refractivity contribution is 5.16. The van der Waals surface area contributed by atoms with Crippen LogP contribution in [0.2, 0.25) is 0 Å². The van der Waals surface area contributed by atoms with E-state index < -0.39 is 0 Å². The Morgan fingerprint density at radius 3 is 2.78 bits per heavy atom. The molecule has 0 spiro atoms. The SMILES string of the molecule is Cc1ccc(CNC(C)c2cncc(F)c2)cn1. The minimum absolute atomic E-state index is 0.0505. The van der Waals surface area contributed by atoms with Gasteiger partial charge < -0.3 is 5.32 Å². The lowest BCUT2D eigenvalue weighted by molar-refractivity contribution is 0.560. The van der Waals surface area contributed by atoms with Gasteiger partial charge in [-0.1, -0.05) is 6.07 Å². The van der Waals surface area contributed by atoms with E-state index in [9.17, 15) is 4.39 Å². The molecule has 0 saturated carbocycles. The summed E-state index contributed by atoms with van der Waals surface area (Å²) in [6.45, 7) is 4.64. The van der Waals surface area contributed by atoms with Crippen LogP contribution < -0.4 is 5.32 Å². The maximum absolute atomic E-state index is 13.0. The first-order valence-electron chi connectivity index (χ1n) is 5.90. The molecule has 2 aromatic rings. The number of aryl methyl sites for hydroxylation is 1. The molecule has 0 aliphatic carbocycles. The summed E-state index contributed by atoms with van der Waals surface area (Å²) in [6, 6.07) is 5.56. The van der Waals surface area contributed by atoms with Crippen molar-refractivity contribution in [3.05, 3.63) is 59.4 Å². The van der Waals surface area contributed by atoms with Crippen molar-refractivity contribution in [3.8, 4) is 0 Å². The quantitative estimate of drug-likeness (QED) is 0.900. The van der Waals surface area contributed by atoms with Crippen LogP contribution in [0.1, 0.15) is 29.8 Å². The summed E-state index contributed by atoms with van der Waals surface area (Å²) in [4.78, 5) is 8.08. The van der Waals surface area contributed by atoms with Crippen molar-refractivity contribution in [1.29, 1.82) is 0 Å². The molecule has 0 radical (unpaired) electrons. The van der Waals surface area contributed by atoms with Gasteiger partial charge in [0.05, 0.1) is 6.20 Å². The van der Waals surface area contributed by atoms with Gasteiger partial charge in [-0.15, -0.1) is 0 Å². The average molecular weight is 245 g/mol. The molecule has 0 bridgehead atoms. The van der Waals surface area contributed by atoms with Crippen molar-refractivity contribution in [2.24, 2.45) is 0 Å². The Balaban J connectivity index is 1.96. The topological polar surface area (TPSA) is 37.8 Å². The number of pyridine rings is 2. The maximum atomic E-state index is 13.0. The lowest BCUT2D eigenvalue weighted by Crippen LogP contribution is -2.18. The van der Waals surface area contributed by atoms with Crippen molar-refractivity contribution in [2.75, 3.05) is 0 Å². The normalized spacial score (nSPS) is 12.4. The smallest absolute Gasteiger partial charge is 0.141 e. The van der Waals surface area contributed by atoms with Crippen LogP contribution in [0.4, 0.5) is 4.39 Å². The minimum atomic E-state index is -0.307. The predicted octanol–water partition coefficient (Wildman–Crippen LogP) is 2.77. The van der Waals surface area contributed by atoms with Crippen LogP contribution in [0.5, 0.6) is 0 Å². The van der Waals surface area contributed by atoms with Gasteiger partial charge in [0.25, 0.3) is 0 Å². The van der Waals surface area contributed by atoms with E-state index in [0.29, 0.717) is 6.54 Å². The summed E-state index contributed by atoms with van der Waals surface area (Å²) < 4.78 is 13.0. The van der Waals surface area contributed by atoms with E-state index in [-0.39, 0.29) is 11.9 Å². The Hall–Kier alpha value is -1.81. The number of hydrogen-bond acceptors (Lipinski definition) is 3. The van der Waals surface area contributed by atoms with Crippen LogP contribution >= 0.6 is 0 Å². The van der Waals surface area contributed by atoms with Crippen molar-refractivity contribution in [1.82, 2.24) is 15.3 Å². The molecule has 0 aromatic carbocycles. The summed E-state index contributed by atoms with van der Waals surface area (Å²) in [7, 11) is 0. The second-order valence-electron chi connectivity index (χ2n) is 4.35. The van der Waals surface area contributed by atoms with Crippen molar-refractivity contribution >= 4 is 0 Å². The predicted molar refractivity (Wildman–Crippen MR) is 68.4 cm³/mol. The second kappa shape index (κ2) is 5.69. The van der Waals surface area contributed by atoms with Crippen molar-refractivity contribution < 1.29 is 4.39 Å². The van der Waals surface area contributed by atoms with Gasteiger partial charge in [0, 0.05) is 30.7 Å². The highest BCUT2D eigenvalue weighted by atomic mass is 19.1. The molecule has 2 rings (SSSR count). The van der Waals surface area contributed by atoms with Gasteiger partial charge in [0.15, 0.2) is 0 Å². The van der Waals surface area contributed by atoms with Crippen LogP contribution in [0, 0.1) is 12.7 Å². The molecule has 0 aliphatic heterocycles. The molecule has 0 saturated heterocycles. The average Bonchev–Trinajstić information content (AvgIpc) is 2.38. The molecule has 0 aliphatic rings. The number of halogens is 1. The largest absolute Gasteiger partial charge is 0.306 e. The van der Waals surface area contributed by atoms with Gasteiger partial charge >= 0.3 is 0 Å². The van der Waals surface area contributed by atoms with Crippen molar-refractivity contribution in [3.63, 3.8) is 0 Å². The van der Waals surface area contributed by atoms with E-state index in [2.05, 4.69) is 15.3 Å². The Labute approximate surface area is 106 Å². The molecule has 94 valence electrons. The molecule has 1 N–H and O–H groups in total. The summed E-state index contributed by atoms with van der Waals surface area (Å²) in [6.07, 6.45) is 4.73. The van der Waals surface area contributed by atoms with E-state index in [1.807, 2.05) is 32.2 Å². The standard InChI is InChI=1S/C14H16FN3/c1-10-3-4-12(6-17-10)7-18-11(2)13-5-14(15)9-16-8-13/h3-6,8-9,11,18H,7H2,1-2H3. The Morgan fingerprint density at radius 2 is 2.11 bits per heavy atom. The fourth-order valence-corrected chi connectivity index (χ4v) is 1.66. The first-order chi connectivity index (χ1) is 8.65. The molecular weight excluding hydrogens is 229 g/mol. The lowest BCUT2D eigenvalue weighted by atomic mass is 10.1. The molecule has 2 heterocycles. The van der Waals surface area contributed by atoms with Crippen LogP contribution in [-0.2, 0) is 6.54 Å². The number of rotatable bonds is 4. The summed E-state index contributed by atoms with van der Waals surface area (Å²) >= 11 is 0. The highest BCUT2D eigenvalue weighted by Crippen LogP contribution is 2.12. The Kier molecular flexibility index (Phi) is 3.99. The summed E-state index contributed by atoms with van der Waals surface area (Å²) in [5.74, 6) is -0.307. The number of aromatic nitrogens is 2. The van der Waals surface area contributed by atoms with Crippen LogP contribution in [-0.4, -0.2) is 9.97 Å². The third-order valence-electron chi connectivity index (χ3n) is 2.81. The van der Waals surface area contributed by atoms with E-state index in [4.69, 9.17) is 0 Å². The molecule has 3 nitrogen and oxygen atoms in total. The van der Waals surface area contributed by atoms with Crippen LogP contribution in [0.3, 0.4) is 0 Å². The highest BCUT2D eigenvalue weighted by Gasteiger charge is 2.06. The number of nitrogens with zero attached hydrogens (tertiary/aromatic N) is 2. The molecular formula is C14H16FN3. The molecule has 0 amide bonds. The van der Waals surface area contributed by atoms with E-state index >= 15 is 0 Å². The molecule has 18 heavy (non-hydrogen) atoms. The monoisotopic (exact) mass is 245 g/mol. The first-order valence-corrected chi connectivity index (χ1v) is 5.90. The van der Waals surface area contributed by atoms with E-state index in [1.54, 1.807) is 6.20 Å². The lowest BCUT2D eigenvalue weighted by Gasteiger charge is -2.13. The number of hydrogen-bond donors (Lipinski definition) is 1. The van der Waals surface area contributed by atoms with Gasteiger partial charge in [-0.3, -0.25) is 9.97 Å². The van der Waals surface area contributed by atoms with Gasteiger partial charge in [0.2, 0.25) is 0 Å². The van der Waals surface area contributed by atoms with E-state index in [1.165, 1.54) is 12.3 Å². The Bertz CT molecular complexity index is 511. The molecule has 4 heteroatoms. The van der Waals surface area contributed by atoms with Gasteiger partial charge in [-0.2, -0.15) is 0 Å². The zero-order valence-corrected chi connectivity index (χ0v) is 10.5. The molecule has 1 unspecified atom stereocenters. The van der Waals surface area contributed by atoms with Gasteiger partial charge in [-0.25, -0.2) is 4.39 Å². The zero-order chi connectivity index (χ0) is 13.0. The van der Waals surface area contributed by atoms with E-state index in [0.717, 1.165) is 16.8 Å². The fourth-order valence-electron chi connectivity index (χ4n) is 1.66. The number of nitrogens with one attached hydrogen (secondary N) is 1. The second-order valence-corrected chi connectivity index (χ2v) is 4.35. The molecule has 0 fully saturated rings. The third kappa shape index (κ3) is 3.34. The summed E-state index contributed by atoms with van der Waals surface area (Å²) in [5.41, 5.74) is 2.95. The Morgan fingerprint density at radius 1 is 1.28 bits per heavy atom.